The molecule has 0 saturated heterocycles. The summed E-state index contributed by atoms with van der Waals surface area (Å²) < 4.78 is 1.68. The highest BCUT2D eigenvalue weighted by atomic mass is 32.2. The first kappa shape index (κ1) is 18.6. The van der Waals surface area contributed by atoms with Gasteiger partial charge in [0.25, 0.3) is 0 Å². The molecule has 0 saturated carbocycles. The summed E-state index contributed by atoms with van der Waals surface area (Å²) in [5.74, 6) is 0.325. The van der Waals surface area contributed by atoms with Crippen LogP contribution in [-0.4, -0.2) is 38.4 Å². The molecule has 0 atom stereocenters. The zero-order valence-corrected chi connectivity index (χ0v) is 16.2. The zero-order valence-electron chi connectivity index (χ0n) is 15.4. The van der Waals surface area contributed by atoms with Crippen LogP contribution in [0.15, 0.2) is 35.0 Å². The van der Waals surface area contributed by atoms with Gasteiger partial charge in [-0.3, -0.25) is 4.79 Å². The van der Waals surface area contributed by atoms with E-state index in [-0.39, 0.29) is 5.91 Å². The lowest BCUT2D eigenvalue weighted by molar-refractivity contribution is -0.118. The molecule has 0 aliphatic heterocycles. The van der Waals surface area contributed by atoms with Crippen LogP contribution in [0, 0.1) is 13.8 Å². The molecule has 0 spiro atoms. The summed E-state index contributed by atoms with van der Waals surface area (Å²) >= 11 is 1.35. The van der Waals surface area contributed by atoms with Gasteiger partial charge in [0.05, 0.1) is 11.4 Å². The molecule has 1 aliphatic rings. The van der Waals surface area contributed by atoms with E-state index in [0.29, 0.717) is 17.5 Å². The Kier molecular flexibility index (Phi) is 6.44. The smallest absolute Gasteiger partial charge is 0.230 e. The number of hydrogen-bond donors (Lipinski definition) is 1. The first-order chi connectivity index (χ1) is 12.6. The molecule has 2 aromatic rings. The first-order valence-electron chi connectivity index (χ1n) is 9.07. The lowest BCUT2D eigenvalue weighted by Gasteiger charge is -2.12. The van der Waals surface area contributed by atoms with Gasteiger partial charge in [-0.05, 0) is 79.6 Å². The van der Waals surface area contributed by atoms with Crippen molar-refractivity contribution in [2.45, 2.75) is 51.1 Å². The van der Waals surface area contributed by atoms with Gasteiger partial charge in [0.15, 0.2) is 0 Å². The van der Waals surface area contributed by atoms with E-state index in [1.165, 1.54) is 54.1 Å². The van der Waals surface area contributed by atoms with Crippen LogP contribution >= 0.6 is 11.8 Å². The maximum Gasteiger partial charge on any atom is 0.230 e. The fraction of sp³-hybridized carbons (Fsp3) is 0.474. The number of carbonyl (C=O) groups is 1. The standard InChI is InChI=1S/C19H25N5OS/c1-14-8-9-17(12-15(14)2)24-19(21-22-23-24)26-13-18(25)20-11-10-16-6-4-3-5-7-16/h6,8-9,12H,3-5,7,10-11,13H2,1-2H3,(H,20,25). The van der Waals surface area contributed by atoms with E-state index >= 15 is 0 Å². The number of thioether (sulfide) groups is 1. The summed E-state index contributed by atoms with van der Waals surface area (Å²) in [6.45, 7) is 4.83. The van der Waals surface area contributed by atoms with Gasteiger partial charge in [-0.25, -0.2) is 0 Å². The number of carbonyl (C=O) groups excluding carboxylic acids is 1. The fourth-order valence-electron chi connectivity index (χ4n) is 2.96. The fourth-order valence-corrected chi connectivity index (χ4v) is 3.68. The maximum atomic E-state index is 12.1. The number of aryl methyl sites for hydroxylation is 2. The largest absolute Gasteiger partial charge is 0.355 e. The van der Waals surface area contributed by atoms with Crippen molar-refractivity contribution in [1.29, 1.82) is 0 Å². The van der Waals surface area contributed by atoms with Crippen LogP contribution in [0.5, 0.6) is 0 Å². The molecule has 1 aromatic heterocycles. The molecular weight excluding hydrogens is 346 g/mol. The molecule has 26 heavy (non-hydrogen) atoms. The Morgan fingerprint density at radius 3 is 2.92 bits per heavy atom. The average molecular weight is 372 g/mol. The highest BCUT2D eigenvalue weighted by Gasteiger charge is 2.12. The number of amides is 1. The van der Waals surface area contributed by atoms with E-state index < -0.39 is 0 Å². The van der Waals surface area contributed by atoms with Gasteiger partial charge in [-0.15, -0.1) is 5.10 Å². The Hall–Kier alpha value is -2.15. The van der Waals surface area contributed by atoms with Crippen molar-refractivity contribution < 1.29 is 4.79 Å². The quantitative estimate of drug-likeness (QED) is 0.597. The van der Waals surface area contributed by atoms with Crippen LogP contribution in [0.3, 0.4) is 0 Å². The first-order valence-corrected chi connectivity index (χ1v) is 10.1. The summed E-state index contributed by atoms with van der Waals surface area (Å²) in [4.78, 5) is 12.1. The van der Waals surface area contributed by atoms with Crippen molar-refractivity contribution in [1.82, 2.24) is 25.5 Å². The summed E-state index contributed by atoms with van der Waals surface area (Å²) in [7, 11) is 0. The van der Waals surface area contributed by atoms with E-state index in [1.807, 2.05) is 18.2 Å². The SMILES string of the molecule is Cc1ccc(-n2nnnc2SCC(=O)NCCC2=CCCCC2)cc1C. The number of hydrogen-bond acceptors (Lipinski definition) is 5. The third-order valence-electron chi connectivity index (χ3n) is 4.66. The van der Waals surface area contributed by atoms with E-state index in [1.54, 1.807) is 4.68 Å². The second kappa shape index (κ2) is 8.98. The van der Waals surface area contributed by atoms with Crippen molar-refractivity contribution in [2.24, 2.45) is 0 Å². The monoisotopic (exact) mass is 371 g/mol. The Balaban J connectivity index is 1.50. The molecule has 0 fully saturated rings. The molecule has 1 heterocycles. The molecule has 0 radical (unpaired) electrons. The van der Waals surface area contributed by atoms with Gasteiger partial charge in [0.2, 0.25) is 11.1 Å². The van der Waals surface area contributed by atoms with E-state index in [0.717, 1.165) is 12.1 Å². The van der Waals surface area contributed by atoms with Gasteiger partial charge >= 0.3 is 0 Å². The Labute approximate surface area is 158 Å². The predicted molar refractivity (Wildman–Crippen MR) is 104 cm³/mol. The summed E-state index contributed by atoms with van der Waals surface area (Å²) in [6.07, 6.45) is 8.20. The topological polar surface area (TPSA) is 72.7 Å². The third-order valence-corrected chi connectivity index (χ3v) is 5.58. The van der Waals surface area contributed by atoms with Gasteiger partial charge in [-0.2, -0.15) is 4.68 Å². The molecule has 0 unspecified atom stereocenters. The van der Waals surface area contributed by atoms with Crippen LogP contribution < -0.4 is 5.32 Å². The second-order valence-electron chi connectivity index (χ2n) is 6.64. The number of benzene rings is 1. The zero-order chi connectivity index (χ0) is 18.4. The highest BCUT2D eigenvalue weighted by molar-refractivity contribution is 7.99. The van der Waals surface area contributed by atoms with Gasteiger partial charge in [-0.1, -0.05) is 29.5 Å². The van der Waals surface area contributed by atoms with Gasteiger partial charge < -0.3 is 5.32 Å². The molecule has 1 aliphatic carbocycles. The maximum absolute atomic E-state index is 12.1. The van der Waals surface area contributed by atoms with Gasteiger partial charge in [0, 0.05) is 6.54 Å². The molecule has 6 nitrogen and oxygen atoms in total. The van der Waals surface area contributed by atoms with E-state index in [2.05, 4.69) is 40.8 Å². The third kappa shape index (κ3) is 4.94. The number of rotatable bonds is 7. The van der Waals surface area contributed by atoms with Crippen molar-refractivity contribution in [3.8, 4) is 5.69 Å². The van der Waals surface area contributed by atoms with Crippen molar-refractivity contribution in [3.05, 3.63) is 41.0 Å². The molecule has 138 valence electrons. The summed E-state index contributed by atoms with van der Waals surface area (Å²) in [5.41, 5.74) is 4.79. The second-order valence-corrected chi connectivity index (χ2v) is 7.58. The number of aromatic nitrogens is 4. The van der Waals surface area contributed by atoms with Crippen molar-refractivity contribution in [3.63, 3.8) is 0 Å². The lowest BCUT2D eigenvalue weighted by atomic mass is 9.97. The molecule has 0 bridgehead atoms. The minimum Gasteiger partial charge on any atom is -0.355 e. The molecular formula is C19H25N5OS. The number of tetrazole rings is 1. The van der Waals surface area contributed by atoms with Crippen molar-refractivity contribution >= 4 is 17.7 Å². The Morgan fingerprint density at radius 2 is 2.15 bits per heavy atom. The lowest BCUT2D eigenvalue weighted by Crippen LogP contribution is -2.26. The van der Waals surface area contributed by atoms with Crippen LogP contribution in [0.2, 0.25) is 0 Å². The van der Waals surface area contributed by atoms with Crippen LogP contribution in [0.4, 0.5) is 0 Å². The summed E-state index contributed by atoms with van der Waals surface area (Å²) in [6, 6.07) is 6.09. The predicted octanol–water partition coefficient (Wildman–Crippen LogP) is 3.38. The summed E-state index contributed by atoms with van der Waals surface area (Å²) in [5, 5.41) is 15.5. The van der Waals surface area contributed by atoms with E-state index in [9.17, 15) is 4.79 Å². The van der Waals surface area contributed by atoms with Crippen molar-refractivity contribution in [2.75, 3.05) is 12.3 Å². The number of nitrogens with zero attached hydrogens (tertiary/aromatic N) is 4. The minimum atomic E-state index is 0.0149. The van der Waals surface area contributed by atoms with Crippen LogP contribution in [0.1, 0.15) is 43.2 Å². The van der Waals surface area contributed by atoms with E-state index in [4.69, 9.17) is 0 Å². The molecule has 1 aromatic carbocycles. The van der Waals surface area contributed by atoms with Crippen LogP contribution in [0.25, 0.3) is 5.69 Å². The van der Waals surface area contributed by atoms with Gasteiger partial charge in [0.1, 0.15) is 0 Å². The normalized spacial score (nSPS) is 14.2. The average Bonchev–Trinajstić information content (AvgIpc) is 3.12. The highest BCUT2D eigenvalue weighted by Crippen LogP contribution is 2.21. The Morgan fingerprint density at radius 1 is 1.27 bits per heavy atom. The number of nitrogens with one attached hydrogen (secondary N) is 1. The van der Waals surface area contributed by atoms with Crippen LogP contribution in [-0.2, 0) is 4.79 Å². The number of allylic oxidation sites excluding steroid dienone is 1. The Bertz CT molecular complexity index is 799. The molecule has 1 amide bonds. The minimum absolute atomic E-state index is 0.0149. The molecule has 3 rings (SSSR count). The molecule has 7 heteroatoms. The molecule has 1 N–H and O–H groups in total.